The van der Waals surface area contributed by atoms with Gasteiger partial charge in [0.2, 0.25) is 0 Å². The average Bonchev–Trinajstić information content (AvgIpc) is 2.17. The van der Waals surface area contributed by atoms with E-state index >= 15 is 0 Å². The maximum atomic E-state index is 3.41. The van der Waals surface area contributed by atoms with Crippen molar-refractivity contribution in [1.29, 1.82) is 0 Å². The van der Waals surface area contributed by atoms with Crippen LogP contribution in [-0.4, -0.2) is 5.33 Å². The van der Waals surface area contributed by atoms with E-state index in [0.29, 0.717) is 0 Å². The van der Waals surface area contributed by atoms with E-state index in [0.717, 1.165) is 11.8 Å². The van der Waals surface area contributed by atoms with Crippen LogP contribution in [0.2, 0.25) is 0 Å². The quantitative estimate of drug-likeness (QED) is 0.722. The van der Waals surface area contributed by atoms with E-state index in [1.807, 2.05) is 0 Å². The molecule has 0 bridgehead atoms. The molecule has 0 aliphatic rings. The van der Waals surface area contributed by atoms with Gasteiger partial charge < -0.3 is 0 Å². The third-order valence-electron chi connectivity index (χ3n) is 1.00. The number of aryl methyl sites for hydroxylation is 1. The summed E-state index contributed by atoms with van der Waals surface area (Å²) in [5.74, 6) is 0. The minimum absolute atomic E-state index is 1.05. The molecule has 0 unspecified atom stereocenters. The molecular formula is C6H6Br2S. The molecule has 0 amide bonds. The first-order chi connectivity index (χ1) is 4.33. The summed E-state index contributed by atoms with van der Waals surface area (Å²) in [5, 5.41) is 3.22. The lowest BCUT2D eigenvalue weighted by molar-refractivity contribution is 1.19. The van der Waals surface area contributed by atoms with Gasteiger partial charge >= 0.3 is 0 Å². The Morgan fingerprint density at radius 1 is 1.56 bits per heavy atom. The summed E-state index contributed by atoms with van der Waals surface area (Å²) in [6.45, 7) is 0. The minimum atomic E-state index is 1.05. The fraction of sp³-hybridized carbons (Fsp3) is 0.333. The van der Waals surface area contributed by atoms with Gasteiger partial charge in [0.15, 0.2) is 0 Å². The fourth-order valence-electron chi connectivity index (χ4n) is 0.586. The highest BCUT2D eigenvalue weighted by atomic mass is 79.9. The first-order valence-corrected chi connectivity index (χ1v) is 5.41. The van der Waals surface area contributed by atoms with Gasteiger partial charge in [-0.15, -0.1) is 11.3 Å². The lowest BCUT2D eigenvalue weighted by Crippen LogP contribution is -1.78. The smallest absolute Gasteiger partial charge is 0.0701 e. The molecule has 0 saturated heterocycles. The van der Waals surface area contributed by atoms with Crippen LogP contribution in [0.1, 0.15) is 5.56 Å². The van der Waals surface area contributed by atoms with E-state index in [1.165, 1.54) is 9.35 Å². The Hall–Kier alpha value is 0.660. The van der Waals surface area contributed by atoms with Gasteiger partial charge in [-0.2, -0.15) is 0 Å². The van der Waals surface area contributed by atoms with Gasteiger partial charge in [0.1, 0.15) is 0 Å². The molecule has 1 aromatic heterocycles. The van der Waals surface area contributed by atoms with Gasteiger partial charge in [0.25, 0.3) is 0 Å². The fourth-order valence-corrected chi connectivity index (χ4v) is 2.29. The number of halogens is 2. The molecule has 1 heterocycles. The van der Waals surface area contributed by atoms with Gasteiger partial charge in [-0.1, -0.05) is 15.9 Å². The Kier molecular flexibility index (Phi) is 3.22. The Morgan fingerprint density at radius 2 is 2.33 bits per heavy atom. The molecule has 50 valence electrons. The molecule has 0 fully saturated rings. The summed E-state index contributed by atoms with van der Waals surface area (Å²) < 4.78 is 1.22. The van der Waals surface area contributed by atoms with Gasteiger partial charge in [-0.05, 0) is 39.4 Å². The molecule has 1 aromatic rings. The summed E-state index contributed by atoms with van der Waals surface area (Å²) in [5.41, 5.74) is 1.41. The first kappa shape index (κ1) is 7.76. The maximum absolute atomic E-state index is 3.41. The predicted octanol–water partition coefficient (Wildman–Crippen LogP) is 3.45. The predicted molar refractivity (Wildman–Crippen MR) is 49.5 cm³/mol. The third-order valence-corrected chi connectivity index (χ3v) is 2.95. The first-order valence-electron chi connectivity index (χ1n) is 2.62. The average molecular weight is 270 g/mol. The topological polar surface area (TPSA) is 0 Å². The molecule has 1 rings (SSSR count). The van der Waals surface area contributed by atoms with Crippen LogP contribution < -0.4 is 0 Å². The van der Waals surface area contributed by atoms with Crippen LogP contribution in [0.3, 0.4) is 0 Å². The second-order valence-corrected chi connectivity index (χ2v) is 4.78. The van der Waals surface area contributed by atoms with Crippen LogP contribution in [-0.2, 0) is 6.42 Å². The van der Waals surface area contributed by atoms with Crippen molar-refractivity contribution in [2.24, 2.45) is 0 Å². The molecule has 0 aromatic carbocycles. The summed E-state index contributed by atoms with van der Waals surface area (Å²) in [7, 11) is 0. The number of rotatable bonds is 2. The molecule has 0 aliphatic heterocycles. The summed E-state index contributed by atoms with van der Waals surface area (Å²) in [6.07, 6.45) is 1.13. The zero-order chi connectivity index (χ0) is 6.69. The minimum Gasteiger partial charge on any atom is -0.137 e. The number of hydrogen-bond donors (Lipinski definition) is 0. The second-order valence-electron chi connectivity index (χ2n) is 1.70. The van der Waals surface area contributed by atoms with Crippen molar-refractivity contribution >= 4 is 43.2 Å². The van der Waals surface area contributed by atoms with E-state index in [2.05, 4.69) is 43.3 Å². The molecule has 0 spiro atoms. The van der Waals surface area contributed by atoms with Crippen LogP contribution in [0.5, 0.6) is 0 Å². The van der Waals surface area contributed by atoms with Crippen LogP contribution in [0.15, 0.2) is 15.2 Å². The van der Waals surface area contributed by atoms with Crippen molar-refractivity contribution < 1.29 is 0 Å². The molecule has 0 aliphatic carbocycles. The maximum Gasteiger partial charge on any atom is 0.0701 e. The molecule has 3 heteroatoms. The van der Waals surface area contributed by atoms with Gasteiger partial charge in [0.05, 0.1) is 3.79 Å². The van der Waals surface area contributed by atoms with Crippen molar-refractivity contribution in [3.05, 3.63) is 20.8 Å². The van der Waals surface area contributed by atoms with Crippen molar-refractivity contribution in [3.8, 4) is 0 Å². The van der Waals surface area contributed by atoms with Crippen LogP contribution in [0.4, 0.5) is 0 Å². The van der Waals surface area contributed by atoms with Gasteiger partial charge in [-0.3, -0.25) is 0 Å². The highest BCUT2D eigenvalue weighted by Crippen LogP contribution is 2.20. The zero-order valence-electron chi connectivity index (χ0n) is 4.73. The summed E-state index contributed by atoms with van der Waals surface area (Å²) in [6, 6.07) is 2.16. The van der Waals surface area contributed by atoms with E-state index in [9.17, 15) is 0 Å². The monoisotopic (exact) mass is 268 g/mol. The van der Waals surface area contributed by atoms with Gasteiger partial charge in [0, 0.05) is 5.33 Å². The Balaban J connectivity index is 2.61. The molecule has 0 saturated carbocycles. The molecular weight excluding hydrogens is 264 g/mol. The third kappa shape index (κ3) is 2.40. The lowest BCUT2D eigenvalue weighted by atomic mass is 10.3. The van der Waals surface area contributed by atoms with Crippen molar-refractivity contribution in [2.45, 2.75) is 6.42 Å². The largest absolute Gasteiger partial charge is 0.137 e. The van der Waals surface area contributed by atoms with Crippen LogP contribution in [0.25, 0.3) is 0 Å². The highest BCUT2D eigenvalue weighted by Gasteiger charge is 1.93. The summed E-state index contributed by atoms with van der Waals surface area (Å²) in [4.78, 5) is 0. The van der Waals surface area contributed by atoms with Gasteiger partial charge in [-0.25, -0.2) is 0 Å². The number of hydrogen-bond acceptors (Lipinski definition) is 1. The standard InChI is InChI=1S/C6H6Br2S/c7-2-1-5-3-6(8)9-4-5/h3-4H,1-2H2. The van der Waals surface area contributed by atoms with Crippen LogP contribution >= 0.6 is 43.2 Å². The van der Waals surface area contributed by atoms with E-state index in [1.54, 1.807) is 11.3 Å². The number of alkyl halides is 1. The van der Waals surface area contributed by atoms with Crippen molar-refractivity contribution in [2.75, 3.05) is 5.33 Å². The molecule has 0 nitrogen and oxygen atoms in total. The Morgan fingerprint density at radius 3 is 2.78 bits per heavy atom. The second kappa shape index (κ2) is 3.74. The Bertz CT molecular complexity index is 183. The van der Waals surface area contributed by atoms with E-state index in [-0.39, 0.29) is 0 Å². The normalized spacial score (nSPS) is 10.0. The molecule has 0 radical (unpaired) electrons. The van der Waals surface area contributed by atoms with Crippen molar-refractivity contribution in [3.63, 3.8) is 0 Å². The van der Waals surface area contributed by atoms with Crippen molar-refractivity contribution in [1.82, 2.24) is 0 Å². The Labute approximate surface area is 75.5 Å². The lowest BCUT2D eigenvalue weighted by Gasteiger charge is -1.85. The summed E-state index contributed by atoms with van der Waals surface area (Å²) >= 11 is 8.53. The number of thiophene rings is 1. The molecule has 9 heavy (non-hydrogen) atoms. The SMILES string of the molecule is BrCCc1csc(Br)c1. The zero-order valence-corrected chi connectivity index (χ0v) is 8.72. The van der Waals surface area contributed by atoms with Crippen LogP contribution in [0, 0.1) is 0 Å². The molecule has 0 N–H and O–H groups in total. The highest BCUT2D eigenvalue weighted by molar-refractivity contribution is 9.11. The molecule has 0 atom stereocenters. The van der Waals surface area contributed by atoms with E-state index < -0.39 is 0 Å². The van der Waals surface area contributed by atoms with E-state index in [4.69, 9.17) is 0 Å².